The zero-order valence-electron chi connectivity index (χ0n) is 22.8. The van der Waals surface area contributed by atoms with Gasteiger partial charge in [-0.05, 0) is 92.8 Å². The van der Waals surface area contributed by atoms with Crippen LogP contribution in [-0.4, -0.2) is 39.9 Å². The van der Waals surface area contributed by atoms with Gasteiger partial charge in [0.1, 0.15) is 11.9 Å². The first kappa shape index (κ1) is 25.0. The molecular formula is C30H48O4. The zero-order chi connectivity index (χ0) is 25.1. The van der Waals surface area contributed by atoms with Crippen LogP contribution in [0.15, 0.2) is 11.1 Å². The van der Waals surface area contributed by atoms with Crippen molar-refractivity contribution in [1.82, 2.24) is 0 Å². The van der Waals surface area contributed by atoms with E-state index in [2.05, 4.69) is 55.4 Å². The minimum absolute atomic E-state index is 0.00216. The average molecular weight is 473 g/mol. The number of ether oxygens (including phenoxy) is 1. The van der Waals surface area contributed by atoms with Crippen molar-refractivity contribution in [3.05, 3.63) is 11.1 Å². The second-order valence-electron chi connectivity index (χ2n) is 14.6. The van der Waals surface area contributed by atoms with Crippen LogP contribution >= 0.6 is 0 Å². The van der Waals surface area contributed by atoms with Crippen LogP contribution < -0.4 is 0 Å². The normalized spacial score (nSPS) is 48.6. The Labute approximate surface area is 206 Å². The standard InChI is InChI=1S/C30H48O4/c1-17(15-21(32)25-27(4,5)34-25)18-9-13-29(7)19(18)16-20(31)24-28(6)12-11-23(33)26(2,3)22(28)10-14-30(24,29)8/h17,20-22,24-25,31-32H,9-16H2,1-8H3/t17-,20+,21?,22?,24+,25?,28+,29+,30+/m1/s1. The summed E-state index contributed by atoms with van der Waals surface area (Å²) in [5, 5.41) is 22.6. The Morgan fingerprint density at radius 3 is 2.29 bits per heavy atom. The van der Waals surface area contributed by atoms with Crippen LogP contribution in [0.5, 0.6) is 0 Å². The fraction of sp³-hybridized carbons (Fsp3) is 0.900. The molecule has 4 heteroatoms. The van der Waals surface area contributed by atoms with Gasteiger partial charge in [0, 0.05) is 11.8 Å². The van der Waals surface area contributed by atoms with E-state index >= 15 is 0 Å². The van der Waals surface area contributed by atoms with Crippen LogP contribution in [0.2, 0.25) is 0 Å². The van der Waals surface area contributed by atoms with E-state index in [0.717, 1.165) is 44.9 Å². The van der Waals surface area contributed by atoms with Gasteiger partial charge in [-0.2, -0.15) is 0 Å². The summed E-state index contributed by atoms with van der Waals surface area (Å²) >= 11 is 0. The number of Topliss-reactive ketones (excluding diaryl/α,β-unsaturated/α-hetero) is 1. The third kappa shape index (κ3) is 3.16. The van der Waals surface area contributed by atoms with Crippen molar-refractivity contribution in [3.63, 3.8) is 0 Å². The monoisotopic (exact) mass is 472 g/mol. The second kappa shape index (κ2) is 7.42. The number of hydrogen-bond donors (Lipinski definition) is 2. The lowest BCUT2D eigenvalue weighted by Crippen LogP contribution is -2.65. The van der Waals surface area contributed by atoms with Gasteiger partial charge < -0.3 is 14.9 Å². The number of fused-ring (bicyclic) bond motifs is 5. The lowest BCUT2D eigenvalue weighted by Gasteiger charge is -2.69. The number of carbonyl (C=O) groups is 1. The van der Waals surface area contributed by atoms with Crippen molar-refractivity contribution in [2.45, 2.75) is 131 Å². The van der Waals surface area contributed by atoms with Gasteiger partial charge in [0.15, 0.2) is 0 Å². The van der Waals surface area contributed by atoms with Gasteiger partial charge in [0.2, 0.25) is 0 Å². The molecule has 3 saturated carbocycles. The lowest BCUT2D eigenvalue weighted by molar-refractivity contribution is -0.208. The van der Waals surface area contributed by atoms with Gasteiger partial charge in [-0.3, -0.25) is 4.79 Å². The molecule has 0 aromatic heterocycles. The van der Waals surface area contributed by atoms with Crippen LogP contribution in [-0.2, 0) is 9.53 Å². The van der Waals surface area contributed by atoms with Gasteiger partial charge in [0.25, 0.3) is 0 Å². The molecule has 5 rings (SSSR count). The third-order valence-corrected chi connectivity index (χ3v) is 12.2. The number of epoxide rings is 1. The first-order valence-electron chi connectivity index (χ1n) is 13.9. The number of allylic oxidation sites excluding steroid dienone is 1. The molecule has 4 fully saturated rings. The summed E-state index contributed by atoms with van der Waals surface area (Å²) < 4.78 is 5.72. The fourth-order valence-electron chi connectivity index (χ4n) is 10.1. The number of aliphatic hydroxyl groups excluding tert-OH is 2. The molecule has 0 radical (unpaired) electrons. The molecule has 1 aliphatic heterocycles. The quantitative estimate of drug-likeness (QED) is 0.398. The SMILES string of the molecule is C[C@H](CC(O)C1OC1(C)C)C1=C2C[C@H](O)[C@H]3[C@@]4(C)CCC(=O)C(C)(C)C4CC[C@]3(C)[C@@]2(C)CC1. The van der Waals surface area contributed by atoms with Gasteiger partial charge in [0.05, 0.1) is 17.8 Å². The molecule has 1 saturated heterocycles. The Morgan fingerprint density at radius 2 is 1.68 bits per heavy atom. The van der Waals surface area contributed by atoms with Crippen molar-refractivity contribution in [2.75, 3.05) is 0 Å². The third-order valence-electron chi connectivity index (χ3n) is 12.2. The van der Waals surface area contributed by atoms with Crippen molar-refractivity contribution in [1.29, 1.82) is 0 Å². The summed E-state index contributed by atoms with van der Waals surface area (Å²) in [6.07, 6.45) is 6.59. The van der Waals surface area contributed by atoms with E-state index in [1.807, 2.05) is 0 Å². The smallest absolute Gasteiger partial charge is 0.138 e. The zero-order valence-corrected chi connectivity index (χ0v) is 22.8. The maximum atomic E-state index is 12.9. The summed E-state index contributed by atoms with van der Waals surface area (Å²) in [5.74, 6) is 1.28. The number of rotatable bonds is 4. The number of hydrogen-bond acceptors (Lipinski definition) is 4. The fourth-order valence-corrected chi connectivity index (χ4v) is 10.1. The molecule has 0 aromatic rings. The van der Waals surface area contributed by atoms with Crippen LogP contribution in [0, 0.1) is 39.4 Å². The Bertz CT molecular complexity index is 917. The highest BCUT2D eigenvalue weighted by Gasteiger charge is 2.69. The molecule has 0 aromatic carbocycles. The maximum absolute atomic E-state index is 12.9. The molecular weight excluding hydrogens is 424 g/mol. The molecule has 0 amide bonds. The van der Waals surface area contributed by atoms with E-state index in [9.17, 15) is 15.0 Å². The van der Waals surface area contributed by atoms with Crippen LogP contribution in [0.4, 0.5) is 0 Å². The summed E-state index contributed by atoms with van der Waals surface area (Å²) in [7, 11) is 0. The molecule has 5 aliphatic rings. The molecule has 0 bridgehead atoms. The van der Waals surface area contributed by atoms with E-state index in [-0.39, 0.29) is 45.4 Å². The average Bonchev–Trinajstić information content (AvgIpc) is 3.23. The number of ketones is 1. The largest absolute Gasteiger partial charge is 0.392 e. The topological polar surface area (TPSA) is 70.1 Å². The summed E-state index contributed by atoms with van der Waals surface area (Å²) in [4.78, 5) is 12.9. The molecule has 4 aliphatic carbocycles. The van der Waals surface area contributed by atoms with Crippen molar-refractivity contribution in [2.24, 2.45) is 39.4 Å². The van der Waals surface area contributed by atoms with Crippen molar-refractivity contribution in [3.8, 4) is 0 Å². The summed E-state index contributed by atoms with van der Waals surface area (Å²) in [6.45, 7) is 18.0. The number of aliphatic hydroxyl groups is 2. The Balaban J connectivity index is 1.47. The highest BCUT2D eigenvalue weighted by atomic mass is 16.6. The Kier molecular flexibility index (Phi) is 5.44. The Hall–Kier alpha value is -0.710. The predicted molar refractivity (Wildman–Crippen MR) is 134 cm³/mol. The second-order valence-corrected chi connectivity index (χ2v) is 14.6. The van der Waals surface area contributed by atoms with Crippen LogP contribution in [0.1, 0.15) is 107 Å². The van der Waals surface area contributed by atoms with Gasteiger partial charge >= 0.3 is 0 Å². The number of carbonyl (C=O) groups excluding carboxylic acids is 1. The molecule has 192 valence electrons. The first-order chi connectivity index (χ1) is 15.6. The Morgan fingerprint density at radius 1 is 1.03 bits per heavy atom. The van der Waals surface area contributed by atoms with E-state index in [4.69, 9.17) is 4.74 Å². The summed E-state index contributed by atoms with van der Waals surface area (Å²) in [6, 6.07) is 0. The van der Waals surface area contributed by atoms with E-state index < -0.39 is 6.10 Å². The maximum Gasteiger partial charge on any atom is 0.138 e. The molecule has 4 nitrogen and oxygen atoms in total. The minimum atomic E-state index is -0.432. The highest BCUT2D eigenvalue weighted by Crippen LogP contribution is 2.74. The van der Waals surface area contributed by atoms with Crippen molar-refractivity contribution >= 4 is 5.78 Å². The highest BCUT2D eigenvalue weighted by molar-refractivity contribution is 5.85. The molecule has 1 heterocycles. The first-order valence-corrected chi connectivity index (χ1v) is 13.9. The molecule has 9 atom stereocenters. The van der Waals surface area contributed by atoms with Crippen molar-refractivity contribution < 1.29 is 19.7 Å². The molecule has 34 heavy (non-hydrogen) atoms. The van der Waals surface area contributed by atoms with E-state index in [1.54, 1.807) is 0 Å². The van der Waals surface area contributed by atoms with Gasteiger partial charge in [-0.1, -0.05) is 52.7 Å². The molecule has 0 spiro atoms. The van der Waals surface area contributed by atoms with Gasteiger partial charge in [-0.15, -0.1) is 0 Å². The van der Waals surface area contributed by atoms with Crippen LogP contribution in [0.3, 0.4) is 0 Å². The van der Waals surface area contributed by atoms with Gasteiger partial charge in [-0.25, -0.2) is 0 Å². The summed E-state index contributed by atoms with van der Waals surface area (Å²) in [5.41, 5.74) is 2.59. The minimum Gasteiger partial charge on any atom is -0.392 e. The lowest BCUT2D eigenvalue weighted by atomic mass is 9.36. The predicted octanol–water partition coefficient (Wildman–Crippen LogP) is 5.84. The molecule has 2 N–H and O–H groups in total. The van der Waals surface area contributed by atoms with Crippen LogP contribution in [0.25, 0.3) is 0 Å². The molecule has 3 unspecified atom stereocenters. The van der Waals surface area contributed by atoms with E-state index in [0.29, 0.717) is 24.0 Å². The van der Waals surface area contributed by atoms with E-state index in [1.165, 1.54) is 11.1 Å².